The summed E-state index contributed by atoms with van der Waals surface area (Å²) < 4.78 is 31.5. The van der Waals surface area contributed by atoms with Gasteiger partial charge in [0.05, 0.1) is 23.4 Å². The minimum Gasteiger partial charge on any atom is -0.463 e. The lowest BCUT2D eigenvalue weighted by atomic mass is 9.73. The van der Waals surface area contributed by atoms with Crippen LogP contribution >= 0.6 is 0 Å². The molecule has 0 aliphatic heterocycles. The van der Waals surface area contributed by atoms with E-state index in [9.17, 15) is 18.7 Å². The molecule has 1 saturated carbocycles. The van der Waals surface area contributed by atoms with Gasteiger partial charge >= 0.3 is 5.97 Å². The highest BCUT2D eigenvalue weighted by Gasteiger charge is 2.39. The number of anilines is 2. The molecule has 38 heavy (non-hydrogen) atoms. The number of pyridine rings is 3. The molecule has 3 heterocycles. The highest BCUT2D eigenvalue weighted by atomic mass is 19.3. The number of aliphatic hydroxyl groups is 1. The van der Waals surface area contributed by atoms with Gasteiger partial charge in [-0.1, -0.05) is 0 Å². The number of esters is 1. The average Bonchev–Trinajstić information content (AvgIpc) is 2.88. The normalized spacial score (nSPS) is 19.3. The molecule has 1 atom stereocenters. The van der Waals surface area contributed by atoms with Gasteiger partial charge in [-0.15, -0.1) is 0 Å². The van der Waals surface area contributed by atoms with Crippen molar-refractivity contribution in [3.05, 3.63) is 65.6 Å². The molecule has 4 rings (SSSR count). The van der Waals surface area contributed by atoms with Crippen LogP contribution in [0.4, 0.5) is 20.4 Å². The molecule has 3 aromatic rings. The van der Waals surface area contributed by atoms with Gasteiger partial charge < -0.3 is 15.2 Å². The summed E-state index contributed by atoms with van der Waals surface area (Å²) in [4.78, 5) is 25.6. The summed E-state index contributed by atoms with van der Waals surface area (Å²) >= 11 is 0. The maximum absolute atomic E-state index is 13.0. The van der Waals surface area contributed by atoms with Crippen molar-refractivity contribution < 1.29 is 23.4 Å². The molecule has 0 amide bonds. The van der Waals surface area contributed by atoms with Crippen LogP contribution in [0.5, 0.6) is 0 Å². The quantitative estimate of drug-likeness (QED) is 0.325. The fraction of sp³-hybridized carbons (Fsp3) is 0.448. The minimum absolute atomic E-state index is 0.0200. The number of halogens is 2. The lowest BCUT2D eigenvalue weighted by molar-refractivity contribution is -0.154. The summed E-state index contributed by atoms with van der Waals surface area (Å²) in [6, 6.07) is 9.95. The van der Waals surface area contributed by atoms with Crippen LogP contribution in [0.15, 0.2) is 48.8 Å². The van der Waals surface area contributed by atoms with Gasteiger partial charge in [0.2, 0.25) is 0 Å². The topological polar surface area (TPSA) is 97.2 Å². The van der Waals surface area contributed by atoms with Crippen molar-refractivity contribution in [3.8, 4) is 11.3 Å². The van der Waals surface area contributed by atoms with Gasteiger partial charge in [-0.05, 0) is 101 Å². The summed E-state index contributed by atoms with van der Waals surface area (Å²) in [6.07, 6.45) is 3.08. The Bertz CT molecular complexity index is 1260. The number of hydrogen-bond acceptors (Lipinski definition) is 7. The monoisotopic (exact) mass is 524 g/mol. The Hall–Kier alpha value is -3.46. The Morgan fingerprint density at radius 2 is 1.82 bits per heavy atom. The van der Waals surface area contributed by atoms with Gasteiger partial charge in [0.15, 0.2) is 0 Å². The van der Waals surface area contributed by atoms with E-state index < -0.39 is 12.0 Å². The second-order valence-corrected chi connectivity index (χ2v) is 10.4. The van der Waals surface area contributed by atoms with Crippen LogP contribution in [-0.4, -0.2) is 32.1 Å². The number of ether oxygens (including phenoxy) is 1. The fourth-order valence-corrected chi connectivity index (χ4v) is 4.94. The second kappa shape index (κ2) is 11.5. The van der Waals surface area contributed by atoms with Crippen molar-refractivity contribution in [1.29, 1.82) is 0 Å². The maximum atomic E-state index is 13.0. The highest BCUT2D eigenvalue weighted by Crippen LogP contribution is 2.41. The highest BCUT2D eigenvalue weighted by molar-refractivity contribution is 5.72. The van der Waals surface area contributed by atoms with Crippen LogP contribution in [-0.2, 0) is 15.1 Å². The Balaban J connectivity index is 1.46. The number of aromatic nitrogens is 3. The molecule has 1 unspecified atom stereocenters. The minimum atomic E-state index is -2.59. The molecule has 9 heteroatoms. The van der Waals surface area contributed by atoms with Crippen molar-refractivity contribution in [2.45, 2.75) is 71.5 Å². The first-order valence-corrected chi connectivity index (χ1v) is 12.9. The summed E-state index contributed by atoms with van der Waals surface area (Å²) in [5.74, 6) is 0.459. The molecular formula is C29H34F2N4O3. The van der Waals surface area contributed by atoms with Crippen LogP contribution in [0.2, 0.25) is 0 Å². The van der Waals surface area contributed by atoms with Crippen molar-refractivity contribution in [3.63, 3.8) is 0 Å². The van der Waals surface area contributed by atoms with Crippen LogP contribution in [0.1, 0.15) is 69.7 Å². The largest absolute Gasteiger partial charge is 0.463 e. The van der Waals surface area contributed by atoms with E-state index in [0.717, 1.165) is 11.1 Å². The van der Waals surface area contributed by atoms with Gasteiger partial charge in [-0.3, -0.25) is 9.78 Å². The Labute approximate surface area is 221 Å². The van der Waals surface area contributed by atoms with Gasteiger partial charge in [0.25, 0.3) is 6.43 Å². The third kappa shape index (κ3) is 6.51. The zero-order valence-corrected chi connectivity index (χ0v) is 22.1. The smallest absolute Gasteiger partial charge is 0.309 e. The number of rotatable bonds is 8. The molecular weight excluding hydrogens is 490 g/mol. The molecule has 0 saturated heterocycles. The number of carbonyl (C=O) groups is 1. The van der Waals surface area contributed by atoms with Gasteiger partial charge in [-0.25, -0.2) is 18.7 Å². The van der Waals surface area contributed by atoms with Crippen molar-refractivity contribution >= 4 is 17.6 Å². The lowest BCUT2D eigenvalue weighted by Gasteiger charge is -2.37. The van der Waals surface area contributed by atoms with E-state index in [0.29, 0.717) is 42.9 Å². The molecule has 1 aliphatic rings. The first kappa shape index (κ1) is 27.6. The zero-order chi connectivity index (χ0) is 27.4. The Morgan fingerprint density at radius 1 is 1.08 bits per heavy atom. The van der Waals surface area contributed by atoms with Crippen molar-refractivity contribution in [2.24, 2.45) is 11.8 Å². The first-order valence-electron chi connectivity index (χ1n) is 12.9. The lowest BCUT2D eigenvalue weighted by Crippen LogP contribution is -2.37. The molecule has 7 nitrogen and oxygen atoms in total. The predicted molar refractivity (Wildman–Crippen MR) is 141 cm³/mol. The fourth-order valence-electron chi connectivity index (χ4n) is 4.94. The molecule has 0 spiro atoms. The Morgan fingerprint density at radius 3 is 2.45 bits per heavy atom. The van der Waals surface area contributed by atoms with E-state index in [1.807, 2.05) is 32.9 Å². The number of nitrogens with zero attached hydrogens (tertiary/aromatic N) is 3. The van der Waals surface area contributed by atoms with Crippen LogP contribution in [0.25, 0.3) is 11.3 Å². The van der Waals surface area contributed by atoms with E-state index in [-0.39, 0.29) is 35.3 Å². The van der Waals surface area contributed by atoms with Gasteiger partial charge in [-0.2, -0.15) is 0 Å². The second-order valence-electron chi connectivity index (χ2n) is 10.4. The standard InChI is InChI=1S/C29H34F2N4O3/c1-17(2)38-28(36)19-5-8-22(9-6-19)29(4,37)24-10-7-21(16-33-24)23-13-18(3)14-26(34-23)35-25-15-20(27(30)31)11-12-32-25/h7,10-17,19,22,27,37H,5-6,8-9H2,1-4H3,(H,32,34,35)/t19-,22-,29?. The molecule has 202 valence electrons. The first-order chi connectivity index (χ1) is 18.0. The predicted octanol–water partition coefficient (Wildman–Crippen LogP) is 6.49. The number of aryl methyl sites for hydroxylation is 1. The molecule has 0 bridgehead atoms. The third-order valence-electron chi connectivity index (χ3n) is 7.05. The van der Waals surface area contributed by atoms with Crippen LogP contribution < -0.4 is 5.32 Å². The average molecular weight is 525 g/mol. The SMILES string of the molecule is Cc1cc(Nc2cc(C(F)F)ccn2)nc(-c2ccc(C(C)(O)[C@H]3CC[C@H](C(=O)OC(C)C)CC3)nc2)c1. The van der Waals surface area contributed by atoms with Gasteiger partial charge in [0, 0.05) is 23.5 Å². The molecule has 0 radical (unpaired) electrons. The summed E-state index contributed by atoms with van der Waals surface area (Å²) in [7, 11) is 0. The van der Waals surface area contributed by atoms with E-state index in [2.05, 4.69) is 20.3 Å². The molecule has 1 aliphatic carbocycles. The van der Waals surface area contributed by atoms with Crippen molar-refractivity contribution in [2.75, 3.05) is 5.32 Å². The number of alkyl halides is 2. The van der Waals surface area contributed by atoms with E-state index in [4.69, 9.17) is 4.74 Å². The summed E-state index contributed by atoms with van der Waals surface area (Å²) in [5.41, 5.74) is 1.64. The number of nitrogens with one attached hydrogen (secondary N) is 1. The molecule has 0 aromatic carbocycles. The zero-order valence-electron chi connectivity index (χ0n) is 22.1. The van der Waals surface area contributed by atoms with E-state index in [1.54, 1.807) is 25.3 Å². The van der Waals surface area contributed by atoms with Crippen LogP contribution in [0, 0.1) is 18.8 Å². The Kier molecular flexibility index (Phi) is 8.35. The number of hydrogen-bond donors (Lipinski definition) is 2. The summed E-state index contributed by atoms with van der Waals surface area (Å²) in [6.45, 7) is 7.39. The molecule has 3 aromatic heterocycles. The van der Waals surface area contributed by atoms with Crippen LogP contribution in [0.3, 0.4) is 0 Å². The third-order valence-corrected chi connectivity index (χ3v) is 7.05. The molecule has 2 N–H and O–H groups in total. The summed E-state index contributed by atoms with van der Waals surface area (Å²) in [5, 5.41) is 14.4. The maximum Gasteiger partial charge on any atom is 0.309 e. The van der Waals surface area contributed by atoms with E-state index in [1.165, 1.54) is 18.3 Å². The van der Waals surface area contributed by atoms with Gasteiger partial charge in [0.1, 0.15) is 17.2 Å². The van der Waals surface area contributed by atoms with E-state index >= 15 is 0 Å². The molecule has 1 fully saturated rings. The number of carbonyl (C=O) groups excluding carboxylic acids is 1. The van der Waals surface area contributed by atoms with Crippen molar-refractivity contribution in [1.82, 2.24) is 15.0 Å².